The van der Waals surface area contributed by atoms with Crippen LogP contribution in [0.1, 0.15) is 42.5 Å². The summed E-state index contributed by atoms with van der Waals surface area (Å²) in [5, 5.41) is 3.35. The minimum Gasteiger partial charge on any atom is -0.486 e. The molecule has 1 N–H and O–H groups in total. The second-order valence-electron chi connectivity index (χ2n) is 6.51. The van der Waals surface area contributed by atoms with Crippen molar-refractivity contribution in [2.75, 3.05) is 31.1 Å². The van der Waals surface area contributed by atoms with Crippen molar-refractivity contribution in [3.05, 3.63) is 23.8 Å². The maximum atomic E-state index is 12.5. The van der Waals surface area contributed by atoms with Crippen LogP contribution in [-0.2, 0) is 0 Å². The quantitative estimate of drug-likeness (QED) is 0.860. The normalized spacial score (nSPS) is 24.0. The first kappa shape index (κ1) is 13.1. The number of ether oxygens (including phenoxy) is 1. The molecule has 4 nitrogen and oxygen atoms in total. The molecular formula is C17H22N2O2. The van der Waals surface area contributed by atoms with E-state index in [0.29, 0.717) is 6.42 Å². The van der Waals surface area contributed by atoms with Gasteiger partial charge in [0.2, 0.25) is 0 Å². The van der Waals surface area contributed by atoms with Gasteiger partial charge >= 0.3 is 0 Å². The van der Waals surface area contributed by atoms with Gasteiger partial charge in [-0.3, -0.25) is 4.79 Å². The Bertz CT molecular complexity index is 558. The van der Waals surface area contributed by atoms with E-state index < -0.39 is 0 Å². The van der Waals surface area contributed by atoms with E-state index in [1.165, 1.54) is 18.5 Å². The van der Waals surface area contributed by atoms with Crippen LogP contribution < -0.4 is 15.0 Å². The molecule has 1 aromatic rings. The van der Waals surface area contributed by atoms with E-state index in [4.69, 9.17) is 4.74 Å². The lowest BCUT2D eigenvalue weighted by atomic mass is 9.83. The van der Waals surface area contributed by atoms with Gasteiger partial charge in [0, 0.05) is 37.7 Å². The summed E-state index contributed by atoms with van der Waals surface area (Å²) in [6, 6.07) is 6.12. The van der Waals surface area contributed by atoms with E-state index in [0.717, 1.165) is 50.3 Å². The van der Waals surface area contributed by atoms with Crippen molar-refractivity contribution < 1.29 is 9.53 Å². The molecule has 1 aromatic carbocycles. The zero-order valence-corrected chi connectivity index (χ0v) is 12.4. The van der Waals surface area contributed by atoms with Crippen molar-refractivity contribution in [2.45, 2.75) is 37.7 Å². The molecular weight excluding hydrogens is 264 g/mol. The maximum Gasteiger partial charge on any atom is 0.170 e. The van der Waals surface area contributed by atoms with Gasteiger partial charge in [0.25, 0.3) is 0 Å². The molecule has 0 bridgehead atoms. The van der Waals surface area contributed by atoms with Gasteiger partial charge in [0.05, 0.1) is 12.0 Å². The number of hydrogen-bond acceptors (Lipinski definition) is 4. The number of ketones is 1. The van der Waals surface area contributed by atoms with E-state index in [1.807, 2.05) is 6.07 Å². The lowest BCUT2D eigenvalue weighted by Crippen LogP contribution is -2.49. The third kappa shape index (κ3) is 2.31. The summed E-state index contributed by atoms with van der Waals surface area (Å²) in [6.45, 7) is 4.10. The highest BCUT2D eigenvalue weighted by molar-refractivity contribution is 6.00. The molecule has 0 aromatic heterocycles. The van der Waals surface area contributed by atoms with Crippen LogP contribution in [-0.4, -0.2) is 37.6 Å². The molecule has 0 amide bonds. The van der Waals surface area contributed by atoms with Crippen molar-refractivity contribution in [1.29, 1.82) is 0 Å². The number of Topliss-reactive ketones (excluding diaryl/α,β-unsaturated/α-hetero) is 1. The highest BCUT2D eigenvalue weighted by atomic mass is 16.5. The SMILES string of the molecule is O=C1CC2(CCNCC2)Oc2cc(N3CCCC3)ccc21. The van der Waals surface area contributed by atoms with Crippen molar-refractivity contribution in [3.63, 3.8) is 0 Å². The Morgan fingerprint density at radius 2 is 1.90 bits per heavy atom. The second kappa shape index (κ2) is 5.02. The Morgan fingerprint density at radius 3 is 2.67 bits per heavy atom. The molecule has 0 aliphatic carbocycles. The molecule has 1 spiro atoms. The zero-order chi connectivity index (χ0) is 14.3. The Labute approximate surface area is 125 Å². The molecule has 112 valence electrons. The van der Waals surface area contributed by atoms with Crippen LogP contribution in [0.5, 0.6) is 5.75 Å². The minimum atomic E-state index is -0.265. The van der Waals surface area contributed by atoms with Crippen molar-refractivity contribution >= 4 is 11.5 Å². The van der Waals surface area contributed by atoms with Crippen molar-refractivity contribution in [1.82, 2.24) is 5.32 Å². The molecule has 3 aliphatic heterocycles. The zero-order valence-electron chi connectivity index (χ0n) is 12.4. The minimum absolute atomic E-state index is 0.242. The summed E-state index contributed by atoms with van der Waals surface area (Å²) >= 11 is 0. The van der Waals surface area contributed by atoms with Crippen LogP contribution in [0.15, 0.2) is 18.2 Å². The van der Waals surface area contributed by atoms with Gasteiger partial charge < -0.3 is 15.0 Å². The fourth-order valence-corrected chi connectivity index (χ4v) is 3.82. The Kier molecular flexibility index (Phi) is 3.14. The maximum absolute atomic E-state index is 12.5. The molecule has 0 unspecified atom stereocenters. The number of fused-ring (bicyclic) bond motifs is 1. The average molecular weight is 286 g/mol. The molecule has 0 atom stereocenters. The van der Waals surface area contributed by atoms with Gasteiger partial charge in [-0.2, -0.15) is 0 Å². The first-order chi connectivity index (χ1) is 10.3. The van der Waals surface area contributed by atoms with Crippen LogP contribution in [0.25, 0.3) is 0 Å². The third-order valence-corrected chi connectivity index (χ3v) is 5.06. The highest BCUT2D eigenvalue weighted by Gasteiger charge is 2.41. The molecule has 3 heterocycles. The lowest BCUT2D eigenvalue weighted by molar-refractivity contribution is 0.0188. The van der Waals surface area contributed by atoms with Crippen LogP contribution in [0.3, 0.4) is 0 Å². The first-order valence-electron chi connectivity index (χ1n) is 8.08. The number of nitrogens with zero attached hydrogens (tertiary/aromatic N) is 1. The van der Waals surface area contributed by atoms with Crippen LogP contribution >= 0.6 is 0 Å². The molecule has 0 saturated carbocycles. The molecule has 0 radical (unpaired) electrons. The van der Waals surface area contributed by atoms with Crippen molar-refractivity contribution in [2.24, 2.45) is 0 Å². The molecule has 2 fully saturated rings. The predicted molar refractivity (Wildman–Crippen MR) is 82.3 cm³/mol. The number of piperidine rings is 1. The van der Waals surface area contributed by atoms with E-state index in [-0.39, 0.29) is 11.4 Å². The number of nitrogens with one attached hydrogen (secondary N) is 1. The second-order valence-corrected chi connectivity index (χ2v) is 6.51. The fraction of sp³-hybridized carbons (Fsp3) is 0.588. The van der Waals surface area contributed by atoms with Gasteiger partial charge in [-0.1, -0.05) is 0 Å². The summed E-state index contributed by atoms with van der Waals surface area (Å²) in [4.78, 5) is 14.9. The van der Waals surface area contributed by atoms with Gasteiger partial charge in [-0.25, -0.2) is 0 Å². The fourth-order valence-electron chi connectivity index (χ4n) is 3.82. The summed E-state index contributed by atoms with van der Waals surface area (Å²) in [6.07, 6.45) is 4.89. The van der Waals surface area contributed by atoms with Crippen LogP contribution in [0.2, 0.25) is 0 Å². The lowest BCUT2D eigenvalue weighted by Gasteiger charge is -2.41. The molecule has 21 heavy (non-hydrogen) atoms. The van der Waals surface area contributed by atoms with Crippen LogP contribution in [0, 0.1) is 0 Å². The number of carbonyl (C=O) groups is 1. The van der Waals surface area contributed by atoms with E-state index >= 15 is 0 Å². The summed E-state index contributed by atoms with van der Waals surface area (Å²) < 4.78 is 6.34. The van der Waals surface area contributed by atoms with Crippen LogP contribution in [0.4, 0.5) is 5.69 Å². The number of anilines is 1. The van der Waals surface area contributed by atoms with E-state index in [9.17, 15) is 4.79 Å². The third-order valence-electron chi connectivity index (χ3n) is 5.06. The number of hydrogen-bond donors (Lipinski definition) is 1. The number of rotatable bonds is 1. The topological polar surface area (TPSA) is 41.6 Å². The molecule has 2 saturated heterocycles. The highest BCUT2D eigenvalue weighted by Crippen LogP contribution is 2.40. The largest absolute Gasteiger partial charge is 0.486 e. The van der Waals surface area contributed by atoms with Gasteiger partial charge in [0.1, 0.15) is 11.4 Å². The Hall–Kier alpha value is -1.55. The van der Waals surface area contributed by atoms with Gasteiger partial charge in [-0.15, -0.1) is 0 Å². The smallest absolute Gasteiger partial charge is 0.170 e. The molecule has 4 rings (SSSR count). The summed E-state index contributed by atoms with van der Waals surface area (Å²) in [5.74, 6) is 1.05. The molecule has 3 aliphatic rings. The summed E-state index contributed by atoms with van der Waals surface area (Å²) in [5.41, 5.74) is 1.70. The predicted octanol–water partition coefficient (Wildman–Crippen LogP) is 2.37. The van der Waals surface area contributed by atoms with Gasteiger partial charge in [0.15, 0.2) is 5.78 Å². The monoisotopic (exact) mass is 286 g/mol. The average Bonchev–Trinajstić information content (AvgIpc) is 3.01. The van der Waals surface area contributed by atoms with E-state index in [2.05, 4.69) is 22.3 Å². The Balaban J connectivity index is 1.66. The standard InChI is InChI=1S/C17H22N2O2/c20-15-12-17(5-7-18-8-6-17)21-16-11-13(3-4-14(15)16)19-9-1-2-10-19/h3-4,11,18H,1-2,5-10,12H2. The first-order valence-corrected chi connectivity index (χ1v) is 8.08. The van der Waals surface area contributed by atoms with Crippen molar-refractivity contribution in [3.8, 4) is 5.75 Å². The number of carbonyl (C=O) groups excluding carboxylic acids is 1. The number of benzene rings is 1. The summed E-state index contributed by atoms with van der Waals surface area (Å²) in [7, 11) is 0. The van der Waals surface area contributed by atoms with E-state index in [1.54, 1.807) is 0 Å². The molecule has 4 heteroatoms. The Morgan fingerprint density at radius 1 is 1.14 bits per heavy atom. The van der Waals surface area contributed by atoms with Gasteiger partial charge in [-0.05, 0) is 38.1 Å².